The third-order valence-electron chi connectivity index (χ3n) is 2.40. The van der Waals surface area contributed by atoms with Gasteiger partial charge >= 0.3 is 5.97 Å². The summed E-state index contributed by atoms with van der Waals surface area (Å²) < 4.78 is 33.2. The second-order valence-corrected chi connectivity index (χ2v) is 6.04. The van der Waals surface area contributed by atoms with E-state index in [1.807, 2.05) is 0 Å². The fraction of sp³-hybridized carbons (Fsp3) is 0.250. The van der Waals surface area contributed by atoms with Crippen molar-refractivity contribution < 1.29 is 22.4 Å². The number of hydrogen-bond acceptors (Lipinski definition) is 7. The summed E-state index contributed by atoms with van der Waals surface area (Å²) in [6.45, 7) is 1.40. The Balaban J connectivity index is 2.18. The van der Waals surface area contributed by atoms with Gasteiger partial charge in [-0.05, 0) is 12.1 Å². The molecule has 0 saturated heterocycles. The zero-order chi connectivity index (χ0) is 14.8. The molecule has 0 radical (unpaired) electrons. The minimum Gasteiger partial charge on any atom is -0.452 e. The molecule has 1 aromatic heterocycles. The fourth-order valence-electron chi connectivity index (χ4n) is 1.56. The number of benzene rings is 1. The molecule has 0 atom stereocenters. The third kappa shape index (κ3) is 3.21. The summed E-state index contributed by atoms with van der Waals surface area (Å²) in [5.41, 5.74) is -0.0220. The van der Waals surface area contributed by atoms with Crippen molar-refractivity contribution >= 4 is 15.8 Å². The van der Waals surface area contributed by atoms with Crippen LogP contribution in [0.2, 0.25) is 0 Å². The lowest BCUT2D eigenvalue weighted by molar-refractivity contribution is 0.0432. The van der Waals surface area contributed by atoms with Crippen LogP contribution >= 0.6 is 0 Å². The van der Waals surface area contributed by atoms with Gasteiger partial charge in [-0.3, -0.25) is 0 Å². The van der Waals surface area contributed by atoms with Crippen molar-refractivity contribution in [3.63, 3.8) is 0 Å². The molecule has 1 aromatic carbocycles. The monoisotopic (exact) mass is 296 g/mol. The molecular formula is C12H12N2O5S. The molecule has 0 aliphatic carbocycles. The summed E-state index contributed by atoms with van der Waals surface area (Å²) >= 11 is 0. The van der Waals surface area contributed by atoms with Gasteiger partial charge in [0.1, 0.15) is 0 Å². The van der Waals surface area contributed by atoms with E-state index >= 15 is 0 Å². The van der Waals surface area contributed by atoms with Gasteiger partial charge < -0.3 is 9.15 Å². The lowest BCUT2D eigenvalue weighted by atomic mass is 10.2. The van der Waals surface area contributed by atoms with E-state index in [1.165, 1.54) is 18.2 Å². The number of carbonyl (C=O) groups is 1. The Labute approximate surface area is 115 Å². The van der Waals surface area contributed by atoms with Crippen LogP contribution in [0.4, 0.5) is 0 Å². The zero-order valence-corrected chi connectivity index (χ0v) is 11.7. The topological polar surface area (TPSA) is 99.4 Å². The number of sulfone groups is 1. The van der Waals surface area contributed by atoms with E-state index in [0.29, 0.717) is 5.89 Å². The number of hydrogen-bond donors (Lipinski definition) is 0. The molecule has 20 heavy (non-hydrogen) atoms. The third-order valence-corrected chi connectivity index (χ3v) is 3.56. The van der Waals surface area contributed by atoms with E-state index in [-0.39, 0.29) is 23.0 Å². The van der Waals surface area contributed by atoms with Crippen molar-refractivity contribution in [3.05, 3.63) is 41.6 Å². The molecule has 8 heteroatoms. The number of ether oxygens (including phenoxy) is 1. The maximum Gasteiger partial charge on any atom is 0.339 e. The maximum absolute atomic E-state index is 11.9. The Bertz CT molecular complexity index is 736. The van der Waals surface area contributed by atoms with Gasteiger partial charge in [-0.25, -0.2) is 13.2 Å². The van der Waals surface area contributed by atoms with Crippen LogP contribution < -0.4 is 0 Å². The van der Waals surface area contributed by atoms with Gasteiger partial charge in [0.05, 0.1) is 10.5 Å². The molecular weight excluding hydrogens is 284 g/mol. The van der Waals surface area contributed by atoms with Crippen molar-refractivity contribution in [2.45, 2.75) is 18.4 Å². The molecule has 2 aromatic rings. The van der Waals surface area contributed by atoms with E-state index in [4.69, 9.17) is 9.15 Å². The largest absolute Gasteiger partial charge is 0.452 e. The standard InChI is InChI=1S/C12H12N2O5S/c1-8-13-14-11(19-8)7-18-12(15)9-5-3-4-6-10(9)20(2,16)17/h3-6H,7H2,1-2H3. The van der Waals surface area contributed by atoms with Gasteiger partial charge in [-0.15, -0.1) is 10.2 Å². The van der Waals surface area contributed by atoms with E-state index in [9.17, 15) is 13.2 Å². The zero-order valence-electron chi connectivity index (χ0n) is 10.9. The molecule has 0 N–H and O–H groups in total. The molecule has 0 bridgehead atoms. The predicted octanol–water partition coefficient (Wildman–Crippen LogP) is 1.14. The minimum atomic E-state index is -3.51. The minimum absolute atomic E-state index is 0.0220. The molecule has 0 amide bonds. The van der Waals surface area contributed by atoms with Crippen LogP contribution in [0.3, 0.4) is 0 Å². The van der Waals surface area contributed by atoms with E-state index in [1.54, 1.807) is 13.0 Å². The molecule has 0 fully saturated rings. The van der Waals surface area contributed by atoms with Crippen molar-refractivity contribution in [2.75, 3.05) is 6.26 Å². The highest BCUT2D eigenvalue weighted by Crippen LogP contribution is 2.16. The van der Waals surface area contributed by atoms with Gasteiger partial charge in [0.25, 0.3) is 5.89 Å². The highest BCUT2D eigenvalue weighted by molar-refractivity contribution is 7.90. The predicted molar refractivity (Wildman–Crippen MR) is 67.7 cm³/mol. The molecule has 0 spiro atoms. The number of rotatable bonds is 4. The van der Waals surface area contributed by atoms with Crippen molar-refractivity contribution in [1.82, 2.24) is 10.2 Å². The highest BCUT2D eigenvalue weighted by atomic mass is 32.2. The Morgan fingerprint density at radius 1 is 1.30 bits per heavy atom. The SMILES string of the molecule is Cc1nnc(COC(=O)c2ccccc2S(C)(=O)=O)o1. The summed E-state index contributed by atoms with van der Waals surface area (Å²) in [5.74, 6) is -0.262. The lowest BCUT2D eigenvalue weighted by Crippen LogP contribution is -2.11. The molecule has 2 rings (SSSR count). The number of aromatic nitrogens is 2. The van der Waals surface area contributed by atoms with Gasteiger partial charge in [0, 0.05) is 13.2 Å². The lowest BCUT2D eigenvalue weighted by Gasteiger charge is -2.06. The van der Waals surface area contributed by atoms with Crippen molar-refractivity contribution in [1.29, 1.82) is 0 Å². The number of aryl methyl sites for hydroxylation is 1. The van der Waals surface area contributed by atoms with E-state index < -0.39 is 15.8 Å². The molecule has 1 heterocycles. The number of carbonyl (C=O) groups excluding carboxylic acids is 1. The summed E-state index contributed by atoms with van der Waals surface area (Å²) in [5, 5.41) is 7.26. The van der Waals surface area contributed by atoms with Crippen LogP contribution in [0, 0.1) is 6.92 Å². The van der Waals surface area contributed by atoms with Gasteiger partial charge in [0.2, 0.25) is 5.89 Å². The van der Waals surface area contributed by atoms with Crippen LogP contribution in [0.1, 0.15) is 22.1 Å². The first-order valence-corrected chi connectivity index (χ1v) is 7.52. The summed E-state index contributed by atoms with van der Waals surface area (Å²) in [7, 11) is -3.51. The van der Waals surface area contributed by atoms with Crippen LogP contribution in [0.15, 0.2) is 33.6 Å². The second-order valence-electron chi connectivity index (χ2n) is 4.06. The first-order chi connectivity index (χ1) is 9.38. The quantitative estimate of drug-likeness (QED) is 0.780. The van der Waals surface area contributed by atoms with E-state index in [2.05, 4.69) is 10.2 Å². The molecule has 0 unspecified atom stereocenters. The number of nitrogens with zero attached hydrogens (tertiary/aromatic N) is 2. The van der Waals surface area contributed by atoms with E-state index in [0.717, 1.165) is 6.26 Å². The molecule has 0 saturated carbocycles. The van der Waals surface area contributed by atoms with Gasteiger partial charge in [-0.2, -0.15) is 0 Å². The van der Waals surface area contributed by atoms with Gasteiger partial charge in [0.15, 0.2) is 16.4 Å². The molecule has 0 aliphatic rings. The Kier molecular flexibility index (Phi) is 3.84. The average molecular weight is 296 g/mol. The Morgan fingerprint density at radius 2 is 2.00 bits per heavy atom. The van der Waals surface area contributed by atoms with Crippen molar-refractivity contribution in [3.8, 4) is 0 Å². The first-order valence-electron chi connectivity index (χ1n) is 5.63. The molecule has 106 valence electrons. The van der Waals surface area contributed by atoms with Crippen LogP contribution in [-0.4, -0.2) is 30.8 Å². The second kappa shape index (κ2) is 5.41. The Morgan fingerprint density at radius 3 is 2.60 bits per heavy atom. The first kappa shape index (κ1) is 14.2. The van der Waals surface area contributed by atoms with Crippen LogP contribution in [0.25, 0.3) is 0 Å². The number of esters is 1. The molecule has 0 aliphatic heterocycles. The fourth-order valence-corrected chi connectivity index (χ4v) is 2.44. The summed E-state index contributed by atoms with van der Waals surface area (Å²) in [6, 6.07) is 5.83. The normalized spacial score (nSPS) is 11.3. The van der Waals surface area contributed by atoms with Crippen molar-refractivity contribution in [2.24, 2.45) is 0 Å². The summed E-state index contributed by atoms with van der Waals surface area (Å²) in [4.78, 5) is 11.8. The van der Waals surface area contributed by atoms with Gasteiger partial charge in [-0.1, -0.05) is 12.1 Å². The maximum atomic E-state index is 11.9. The highest BCUT2D eigenvalue weighted by Gasteiger charge is 2.19. The smallest absolute Gasteiger partial charge is 0.339 e. The Hall–Kier alpha value is -2.22. The van der Waals surface area contributed by atoms with Crippen LogP contribution in [-0.2, 0) is 21.2 Å². The molecule has 7 nitrogen and oxygen atoms in total. The van der Waals surface area contributed by atoms with Crippen LogP contribution in [0.5, 0.6) is 0 Å². The summed E-state index contributed by atoms with van der Waals surface area (Å²) in [6.07, 6.45) is 1.03. The average Bonchev–Trinajstić information content (AvgIpc) is 2.81.